The van der Waals surface area contributed by atoms with Crippen molar-refractivity contribution in [3.05, 3.63) is 59.7 Å². The molecule has 1 heterocycles. The van der Waals surface area contributed by atoms with Crippen LogP contribution in [0.5, 0.6) is 0 Å². The smallest absolute Gasteiger partial charge is 0.308 e. The summed E-state index contributed by atoms with van der Waals surface area (Å²) < 4.78 is 5.27. The number of hydrogen-bond acceptors (Lipinski definition) is 5. The first-order valence-electron chi connectivity index (χ1n) is 10.9. The van der Waals surface area contributed by atoms with Gasteiger partial charge in [0.25, 0.3) is 0 Å². The minimum Gasteiger partial charge on any atom is -0.481 e. The summed E-state index contributed by atoms with van der Waals surface area (Å²) in [7, 11) is 0. The number of aliphatic carboxylic acids is 1. The number of nitrogens with zero attached hydrogens (tertiary/aromatic N) is 2. The number of carbonyl (C=O) groups is 2. The number of rotatable bonds is 9. The van der Waals surface area contributed by atoms with E-state index in [9.17, 15) is 14.7 Å². The van der Waals surface area contributed by atoms with Crippen LogP contribution in [0.4, 0.5) is 0 Å². The Bertz CT molecular complexity index is 1060. The van der Waals surface area contributed by atoms with Gasteiger partial charge in [-0.25, -0.2) is 0 Å². The van der Waals surface area contributed by atoms with E-state index in [0.29, 0.717) is 24.7 Å². The van der Waals surface area contributed by atoms with Gasteiger partial charge in [-0.05, 0) is 35.6 Å². The van der Waals surface area contributed by atoms with Crippen LogP contribution in [-0.2, 0) is 22.4 Å². The Labute approximate surface area is 180 Å². The Hall–Kier alpha value is -3.22. The molecular formula is C24H27N3O4. The lowest BCUT2D eigenvalue weighted by molar-refractivity contribution is -0.141. The molecule has 1 atom stereocenters. The standard InChI is InChI=1S/C24H27N3O4/c28-21(11-12-22-26-23(27-31-22)18-6-2-3-7-18)25-15-20(24(29)30)14-16-9-10-17-5-1-4-8-19(17)13-16/h1,4-5,8-10,13,18,20H,2-3,6-7,11-12,14-15H2,(H,25,28)(H,29,30). The van der Waals surface area contributed by atoms with Gasteiger partial charge in [-0.3, -0.25) is 9.59 Å². The molecule has 0 spiro atoms. The fraction of sp³-hybridized carbons (Fsp3) is 0.417. The molecule has 0 radical (unpaired) electrons. The third-order valence-electron chi connectivity index (χ3n) is 5.96. The number of nitrogens with one attached hydrogen (secondary N) is 1. The highest BCUT2D eigenvalue weighted by Gasteiger charge is 2.23. The van der Waals surface area contributed by atoms with Crippen molar-refractivity contribution in [1.29, 1.82) is 0 Å². The minimum atomic E-state index is -0.924. The number of fused-ring (bicyclic) bond motifs is 1. The fourth-order valence-corrected chi connectivity index (χ4v) is 4.16. The molecule has 1 aliphatic rings. The SMILES string of the molecule is O=C(CCc1nc(C2CCCC2)no1)NCC(Cc1ccc2ccccc2c1)C(=O)O. The van der Waals surface area contributed by atoms with Gasteiger partial charge in [0.15, 0.2) is 5.82 Å². The molecule has 0 bridgehead atoms. The lowest BCUT2D eigenvalue weighted by Crippen LogP contribution is -2.34. The summed E-state index contributed by atoms with van der Waals surface area (Å²) in [6.45, 7) is 0.0815. The summed E-state index contributed by atoms with van der Waals surface area (Å²) in [5.74, 6) is -0.255. The van der Waals surface area contributed by atoms with Gasteiger partial charge >= 0.3 is 5.97 Å². The molecule has 2 aromatic carbocycles. The van der Waals surface area contributed by atoms with Crippen molar-refractivity contribution in [2.45, 2.75) is 50.9 Å². The van der Waals surface area contributed by atoms with E-state index in [0.717, 1.165) is 35.0 Å². The Morgan fingerprint density at radius 1 is 1.13 bits per heavy atom. The van der Waals surface area contributed by atoms with E-state index in [-0.39, 0.29) is 18.9 Å². The lowest BCUT2D eigenvalue weighted by atomic mass is 9.97. The van der Waals surface area contributed by atoms with Gasteiger partial charge in [-0.1, -0.05) is 60.5 Å². The molecule has 1 amide bonds. The first-order chi connectivity index (χ1) is 15.1. The van der Waals surface area contributed by atoms with Crippen LogP contribution >= 0.6 is 0 Å². The number of carbonyl (C=O) groups excluding carboxylic acids is 1. The largest absolute Gasteiger partial charge is 0.481 e. The number of benzene rings is 2. The van der Waals surface area contributed by atoms with Crippen LogP contribution in [0.25, 0.3) is 10.8 Å². The van der Waals surface area contributed by atoms with E-state index in [1.807, 2.05) is 42.5 Å². The van der Waals surface area contributed by atoms with E-state index in [1.165, 1.54) is 12.8 Å². The zero-order valence-electron chi connectivity index (χ0n) is 17.4. The van der Waals surface area contributed by atoms with Crippen LogP contribution in [-0.4, -0.2) is 33.7 Å². The van der Waals surface area contributed by atoms with E-state index in [2.05, 4.69) is 15.5 Å². The van der Waals surface area contributed by atoms with Crippen LogP contribution in [0.3, 0.4) is 0 Å². The molecule has 1 saturated carbocycles. The molecule has 1 unspecified atom stereocenters. The summed E-state index contributed by atoms with van der Waals surface area (Å²) in [5.41, 5.74) is 0.936. The first-order valence-corrected chi connectivity index (χ1v) is 10.9. The number of carboxylic acids is 1. The van der Waals surface area contributed by atoms with Crippen molar-refractivity contribution in [1.82, 2.24) is 15.5 Å². The highest BCUT2D eigenvalue weighted by atomic mass is 16.5. The fourth-order valence-electron chi connectivity index (χ4n) is 4.16. The third-order valence-corrected chi connectivity index (χ3v) is 5.96. The van der Waals surface area contributed by atoms with Crippen LogP contribution in [0.15, 0.2) is 47.0 Å². The number of carboxylic acid groups (broad SMARTS) is 1. The van der Waals surface area contributed by atoms with E-state index in [4.69, 9.17) is 4.52 Å². The molecule has 0 aliphatic heterocycles. The highest BCUT2D eigenvalue weighted by molar-refractivity contribution is 5.83. The molecule has 0 saturated heterocycles. The van der Waals surface area contributed by atoms with Gasteiger partial charge < -0.3 is 14.9 Å². The van der Waals surface area contributed by atoms with Gasteiger partial charge in [0.05, 0.1) is 5.92 Å². The molecule has 2 N–H and O–H groups in total. The van der Waals surface area contributed by atoms with Crippen molar-refractivity contribution in [2.75, 3.05) is 6.54 Å². The zero-order chi connectivity index (χ0) is 21.6. The monoisotopic (exact) mass is 421 g/mol. The zero-order valence-corrected chi connectivity index (χ0v) is 17.4. The maximum atomic E-state index is 12.2. The molecular weight excluding hydrogens is 394 g/mol. The Kier molecular flexibility index (Phi) is 6.60. The summed E-state index contributed by atoms with van der Waals surface area (Å²) in [6.07, 6.45) is 5.47. The second-order valence-corrected chi connectivity index (χ2v) is 8.25. The molecule has 162 valence electrons. The van der Waals surface area contributed by atoms with Crippen molar-refractivity contribution in [2.24, 2.45) is 5.92 Å². The number of amides is 1. The van der Waals surface area contributed by atoms with Crippen molar-refractivity contribution < 1.29 is 19.2 Å². The van der Waals surface area contributed by atoms with Crippen LogP contribution in [0.1, 0.15) is 55.3 Å². The Morgan fingerprint density at radius 2 is 1.90 bits per heavy atom. The van der Waals surface area contributed by atoms with Crippen LogP contribution < -0.4 is 5.32 Å². The second kappa shape index (κ2) is 9.73. The first kappa shape index (κ1) is 21.0. The number of hydrogen-bond donors (Lipinski definition) is 2. The lowest BCUT2D eigenvalue weighted by Gasteiger charge is -2.14. The normalized spacial score (nSPS) is 15.2. The Balaban J connectivity index is 1.27. The van der Waals surface area contributed by atoms with Crippen LogP contribution in [0.2, 0.25) is 0 Å². The third kappa shape index (κ3) is 5.48. The predicted octanol–water partition coefficient (Wildman–Crippen LogP) is 3.87. The summed E-state index contributed by atoms with van der Waals surface area (Å²) in [5, 5.41) is 18.6. The van der Waals surface area contributed by atoms with Crippen molar-refractivity contribution in [3.63, 3.8) is 0 Å². The average Bonchev–Trinajstić information content (AvgIpc) is 3.46. The highest BCUT2D eigenvalue weighted by Crippen LogP contribution is 2.32. The molecule has 3 aromatic rings. The number of aromatic nitrogens is 2. The van der Waals surface area contributed by atoms with E-state index < -0.39 is 11.9 Å². The maximum Gasteiger partial charge on any atom is 0.308 e. The second-order valence-electron chi connectivity index (χ2n) is 8.25. The molecule has 1 aromatic heterocycles. The predicted molar refractivity (Wildman–Crippen MR) is 116 cm³/mol. The molecule has 4 rings (SSSR count). The summed E-state index contributed by atoms with van der Waals surface area (Å²) in [6, 6.07) is 13.9. The minimum absolute atomic E-state index is 0.0815. The van der Waals surface area contributed by atoms with Gasteiger partial charge in [-0.15, -0.1) is 0 Å². The van der Waals surface area contributed by atoms with Gasteiger partial charge in [0.2, 0.25) is 11.8 Å². The quantitative estimate of drug-likeness (QED) is 0.543. The molecule has 7 nitrogen and oxygen atoms in total. The Morgan fingerprint density at radius 3 is 2.68 bits per heavy atom. The number of aryl methyl sites for hydroxylation is 1. The van der Waals surface area contributed by atoms with Crippen LogP contribution in [0, 0.1) is 5.92 Å². The van der Waals surface area contributed by atoms with Gasteiger partial charge in [0.1, 0.15) is 0 Å². The average molecular weight is 421 g/mol. The topological polar surface area (TPSA) is 105 Å². The van der Waals surface area contributed by atoms with E-state index in [1.54, 1.807) is 0 Å². The molecule has 1 fully saturated rings. The molecule has 7 heteroatoms. The molecule has 31 heavy (non-hydrogen) atoms. The summed E-state index contributed by atoms with van der Waals surface area (Å²) >= 11 is 0. The summed E-state index contributed by atoms with van der Waals surface area (Å²) in [4.78, 5) is 28.4. The van der Waals surface area contributed by atoms with Crippen molar-refractivity contribution in [3.8, 4) is 0 Å². The van der Waals surface area contributed by atoms with Gasteiger partial charge in [-0.2, -0.15) is 4.98 Å². The van der Waals surface area contributed by atoms with Crippen molar-refractivity contribution >= 4 is 22.6 Å². The van der Waals surface area contributed by atoms with E-state index >= 15 is 0 Å². The van der Waals surface area contributed by atoms with Gasteiger partial charge in [0, 0.05) is 25.3 Å². The maximum absolute atomic E-state index is 12.2. The molecule has 1 aliphatic carbocycles.